The van der Waals surface area contributed by atoms with Crippen LogP contribution in [0.3, 0.4) is 0 Å². The molecule has 0 bridgehead atoms. The third-order valence-corrected chi connectivity index (χ3v) is 3.77. The normalized spacial score (nSPS) is 21.8. The summed E-state index contributed by atoms with van der Waals surface area (Å²) in [4.78, 5) is 0. The highest BCUT2D eigenvalue weighted by Crippen LogP contribution is 2.41. The van der Waals surface area contributed by atoms with Gasteiger partial charge in [-0.1, -0.05) is 6.07 Å². The van der Waals surface area contributed by atoms with Gasteiger partial charge in [-0.2, -0.15) is 0 Å². The number of halogens is 3. The molecule has 2 rings (SSSR count). The molecular formula is C14H17F3O. The van der Waals surface area contributed by atoms with Crippen molar-refractivity contribution in [2.45, 2.75) is 44.6 Å². The highest BCUT2D eigenvalue weighted by atomic mass is 19.3. The van der Waals surface area contributed by atoms with Gasteiger partial charge in [-0.05, 0) is 48.9 Å². The van der Waals surface area contributed by atoms with Crippen molar-refractivity contribution in [2.24, 2.45) is 5.92 Å². The first-order valence-electron chi connectivity index (χ1n) is 6.21. The third-order valence-electron chi connectivity index (χ3n) is 3.77. The Bertz CT molecular complexity index is 421. The van der Waals surface area contributed by atoms with E-state index in [1.54, 1.807) is 13.0 Å². The summed E-state index contributed by atoms with van der Waals surface area (Å²) in [6.07, 6.45) is -0.669. The minimum atomic E-state index is -2.60. The Balaban J connectivity index is 2.12. The Hall–Kier alpha value is -1.03. The zero-order valence-electron chi connectivity index (χ0n) is 10.3. The molecule has 1 unspecified atom stereocenters. The lowest BCUT2D eigenvalue weighted by Crippen LogP contribution is -2.28. The number of aliphatic hydroxyl groups excluding tert-OH is 1. The van der Waals surface area contributed by atoms with Crippen LogP contribution >= 0.6 is 0 Å². The quantitative estimate of drug-likeness (QED) is 0.850. The second kappa shape index (κ2) is 4.92. The second-order valence-corrected chi connectivity index (χ2v) is 5.14. The van der Waals surface area contributed by atoms with E-state index in [0.717, 1.165) is 5.56 Å². The van der Waals surface area contributed by atoms with Gasteiger partial charge in [-0.3, -0.25) is 0 Å². The highest BCUT2D eigenvalue weighted by Gasteiger charge is 2.37. The maximum Gasteiger partial charge on any atom is 0.248 e. The van der Waals surface area contributed by atoms with Crippen LogP contribution in [0.25, 0.3) is 0 Å². The Labute approximate surface area is 105 Å². The molecule has 100 valence electrons. The van der Waals surface area contributed by atoms with Crippen molar-refractivity contribution in [3.63, 3.8) is 0 Å². The van der Waals surface area contributed by atoms with Crippen LogP contribution in [0.15, 0.2) is 18.2 Å². The highest BCUT2D eigenvalue weighted by molar-refractivity contribution is 5.29. The Morgan fingerprint density at radius 1 is 1.28 bits per heavy atom. The van der Waals surface area contributed by atoms with E-state index in [9.17, 15) is 18.3 Å². The van der Waals surface area contributed by atoms with Gasteiger partial charge in [-0.15, -0.1) is 0 Å². The largest absolute Gasteiger partial charge is 0.388 e. The predicted octanol–water partition coefficient (Wildman–Crippen LogP) is 3.99. The number of aliphatic hydroxyl groups is 1. The molecule has 0 saturated heterocycles. The number of benzene rings is 1. The van der Waals surface area contributed by atoms with Crippen molar-refractivity contribution in [3.8, 4) is 0 Å². The maximum absolute atomic E-state index is 13.2. The molecule has 1 aliphatic carbocycles. The fourth-order valence-corrected chi connectivity index (χ4v) is 2.56. The molecule has 1 aromatic carbocycles. The Morgan fingerprint density at radius 3 is 2.50 bits per heavy atom. The van der Waals surface area contributed by atoms with Gasteiger partial charge in [0.1, 0.15) is 5.82 Å². The van der Waals surface area contributed by atoms with Crippen LogP contribution in [-0.2, 0) is 0 Å². The molecule has 18 heavy (non-hydrogen) atoms. The van der Waals surface area contributed by atoms with Gasteiger partial charge >= 0.3 is 0 Å². The summed E-state index contributed by atoms with van der Waals surface area (Å²) in [5.74, 6) is -3.21. The Morgan fingerprint density at radius 2 is 1.89 bits per heavy atom. The summed E-state index contributed by atoms with van der Waals surface area (Å²) in [6.45, 7) is 1.79. The van der Waals surface area contributed by atoms with Gasteiger partial charge < -0.3 is 5.11 Å². The van der Waals surface area contributed by atoms with E-state index in [4.69, 9.17) is 0 Å². The summed E-state index contributed by atoms with van der Waals surface area (Å²) in [7, 11) is 0. The molecule has 0 spiro atoms. The van der Waals surface area contributed by atoms with Gasteiger partial charge in [-0.25, -0.2) is 13.2 Å². The molecule has 1 nitrogen and oxygen atoms in total. The number of hydrogen-bond acceptors (Lipinski definition) is 1. The van der Waals surface area contributed by atoms with Crippen LogP contribution in [0, 0.1) is 18.7 Å². The van der Waals surface area contributed by atoms with Gasteiger partial charge in [0.2, 0.25) is 5.92 Å². The van der Waals surface area contributed by atoms with E-state index in [1.807, 2.05) is 0 Å². The lowest BCUT2D eigenvalue weighted by molar-refractivity contribution is -0.0628. The average Bonchev–Trinajstić information content (AvgIpc) is 2.31. The van der Waals surface area contributed by atoms with Gasteiger partial charge in [0.05, 0.1) is 6.10 Å². The number of rotatable bonds is 2. The van der Waals surface area contributed by atoms with E-state index in [2.05, 4.69) is 0 Å². The van der Waals surface area contributed by atoms with E-state index in [1.165, 1.54) is 12.1 Å². The fraction of sp³-hybridized carbons (Fsp3) is 0.571. The van der Waals surface area contributed by atoms with Crippen LogP contribution in [0.2, 0.25) is 0 Å². The van der Waals surface area contributed by atoms with E-state index >= 15 is 0 Å². The summed E-state index contributed by atoms with van der Waals surface area (Å²) < 4.78 is 39.3. The molecule has 1 aliphatic rings. The lowest BCUT2D eigenvalue weighted by atomic mass is 9.80. The predicted molar refractivity (Wildman–Crippen MR) is 63.0 cm³/mol. The summed E-state index contributed by atoms with van der Waals surface area (Å²) in [5, 5.41) is 10.2. The summed E-state index contributed by atoms with van der Waals surface area (Å²) in [5.41, 5.74) is 1.31. The molecule has 0 heterocycles. The van der Waals surface area contributed by atoms with Crippen molar-refractivity contribution in [2.75, 3.05) is 0 Å². The fourth-order valence-electron chi connectivity index (χ4n) is 2.56. The summed E-state index contributed by atoms with van der Waals surface area (Å²) >= 11 is 0. The van der Waals surface area contributed by atoms with E-state index < -0.39 is 17.8 Å². The van der Waals surface area contributed by atoms with Gasteiger partial charge in [0.15, 0.2) is 0 Å². The van der Waals surface area contributed by atoms with E-state index in [0.29, 0.717) is 5.56 Å². The minimum absolute atomic E-state index is 0.191. The molecule has 0 aliphatic heterocycles. The first kappa shape index (κ1) is 13.4. The monoisotopic (exact) mass is 258 g/mol. The topological polar surface area (TPSA) is 20.2 Å². The molecule has 1 atom stereocenters. The molecule has 4 heteroatoms. The van der Waals surface area contributed by atoms with Crippen molar-refractivity contribution >= 4 is 0 Å². The number of alkyl halides is 2. The smallest absolute Gasteiger partial charge is 0.248 e. The van der Waals surface area contributed by atoms with Crippen molar-refractivity contribution in [1.29, 1.82) is 0 Å². The molecule has 0 radical (unpaired) electrons. The molecule has 1 N–H and O–H groups in total. The number of hydrogen-bond donors (Lipinski definition) is 1. The Kier molecular flexibility index (Phi) is 3.66. The third kappa shape index (κ3) is 2.86. The van der Waals surface area contributed by atoms with E-state index in [-0.39, 0.29) is 31.6 Å². The average molecular weight is 258 g/mol. The zero-order chi connectivity index (χ0) is 13.3. The van der Waals surface area contributed by atoms with Crippen molar-refractivity contribution in [3.05, 3.63) is 35.1 Å². The SMILES string of the molecule is Cc1ccc(F)cc1C(O)C1CCC(F)(F)CC1. The molecular weight excluding hydrogens is 241 g/mol. The van der Waals surface area contributed by atoms with Gasteiger partial charge in [0.25, 0.3) is 0 Å². The first-order valence-corrected chi connectivity index (χ1v) is 6.21. The van der Waals surface area contributed by atoms with Crippen LogP contribution in [0.4, 0.5) is 13.2 Å². The van der Waals surface area contributed by atoms with Crippen LogP contribution in [0.1, 0.15) is 42.9 Å². The minimum Gasteiger partial charge on any atom is -0.388 e. The summed E-state index contributed by atoms with van der Waals surface area (Å²) in [6, 6.07) is 4.23. The second-order valence-electron chi connectivity index (χ2n) is 5.14. The van der Waals surface area contributed by atoms with Gasteiger partial charge in [0, 0.05) is 12.8 Å². The van der Waals surface area contributed by atoms with Crippen molar-refractivity contribution in [1.82, 2.24) is 0 Å². The van der Waals surface area contributed by atoms with Crippen LogP contribution in [0.5, 0.6) is 0 Å². The maximum atomic E-state index is 13.2. The molecule has 0 aromatic heterocycles. The first-order chi connectivity index (χ1) is 8.39. The van der Waals surface area contributed by atoms with Crippen LogP contribution < -0.4 is 0 Å². The molecule has 1 aromatic rings. The lowest BCUT2D eigenvalue weighted by Gasteiger charge is -2.32. The molecule has 1 fully saturated rings. The standard InChI is InChI=1S/C14H17F3O/c1-9-2-3-11(15)8-12(9)13(18)10-4-6-14(16,17)7-5-10/h2-3,8,10,13,18H,4-7H2,1H3. The molecule has 0 amide bonds. The molecule has 1 saturated carbocycles. The number of aryl methyl sites for hydroxylation is 1. The zero-order valence-corrected chi connectivity index (χ0v) is 10.3. The van der Waals surface area contributed by atoms with Crippen molar-refractivity contribution < 1.29 is 18.3 Å². The van der Waals surface area contributed by atoms with Crippen LogP contribution in [-0.4, -0.2) is 11.0 Å².